The molecular weight excluding hydrogens is 1080 g/mol. The van der Waals surface area contributed by atoms with Gasteiger partial charge in [-0.3, -0.25) is 0 Å². The van der Waals surface area contributed by atoms with Crippen molar-refractivity contribution in [3.63, 3.8) is 0 Å². The van der Waals surface area contributed by atoms with E-state index in [1.165, 1.54) is 353 Å². The van der Waals surface area contributed by atoms with Crippen LogP contribution in [0.15, 0.2) is 59.7 Å². The average molecular weight is 1220 g/mol. The van der Waals surface area contributed by atoms with Crippen molar-refractivity contribution in [1.29, 1.82) is 0 Å². The summed E-state index contributed by atoms with van der Waals surface area (Å²) in [5, 5.41) is 0. The molecule has 0 bridgehead atoms. The van der Waals surface area contributed by atoms with Crippen molar-refractivity contribution >= 4 is 11.4 Å². The van der Waals surface area contributed by atoms with Crippen molar-refractivity contribution in [3.8, 4) is 0 Å². The molecule has 3 rings (SSSR count). The fourth-order valence-electron chi connectivity index (χ4n) is 12.9. The number of hydrogen-bond acceptors (Lipinski definition) is 2. The Labute approximate surface area is 536 Å². The van der Waals surface area contributed by atoms with Crippen LogP contribution in [0.2, 0.25) is 0 Å². The van der Waals surface area contributed by atoms with Gasteiger partial charge in [-0.25, -0.2) is 4.70 Å². The molecule has 0 fully saturated rings. The number of allylic oxidation sites excluding steroid dienone is 4. The summed E-state index contributed by atoms with van der Waals surface area (Å²) in [6.45, 7) is 14.0. The second kappa shape index (κ2) is 58.1. The topological polar surface area (TPSA) is 43.8 Å². The SMILES string of the molecule is CCCCCCCCCCCCCCCCCCCCC=CC1=C(c2cc(CCCCCCCC)cc(CCCCCCCC)c2)[N+](=[N-])C(c2cc(CCCCCCCC)cc(CCCCCCCC)c2)=C1CCCCCCCC.C[O][Ni][O]C. The minimum atomic E-state index is 0.819. The number of hydrogen-bond donors (Lipinski definition) is 0. The van der Waals surface area contributed by atoms with E-state index in [0.717, 1.165) is 65.0 Å². The summed E-state index contributed by atoms with van der Waals surface area (Å²) in [5.74, 6) is 0. The first kappa shape index (κ1) is 78.8. The van der Waals surface area contributed by atoms with Crippen LogP contribution in [-0.4, -0.2) is 18.9 Å². The summed E-state index contributed by atoms with van der Waals surface area (Å²) < 4.78 is 10.5. The van der Waals surface area contributed by atoms with Gasteiger partial charge in [0.1, 0.15) is 0 Å². The standard InChI is InChI=1S/C78H134N2.2CH3O.Ni/c1-7-13-19-25-31-32-33-34-35-36-37-38-39-40-41-42-43-44-50-56-62-76-75(61-55-49-30-24-18-12-6)77(73-65-69(57-51-45-26-20-14-8-2)63-70(66-73)58-52-46-27-21-15-9-3)80(79)78(76)74-67-71(59-53-47-28-22-16-10-4)64-72(68-74)60-54-48-29-23-17-11-5;2*1-2;/h56,62-68H,7-55,57-61H2,1-6H3;2*1H3;/q;2*-1;+2. The number of rotatable bonds is 59. The van der Waals surface area contributed by atoms with Gasteiger partial charge in [0, 0.05) is 16.7 Å². The third-order valence-corrected chi connectivity index (χ3v) is 18.4. The van der Waals surface area contributed by atoms with Gasteiger partial charge in [-0.1, -0.05) is 336 Å². The van der Waals surface area contributed by atoms with Crippen LogP contribution in [0.3, 0.4) is 0 Å². The molecular formula is C80H140N2NiO2. The maximum atomic E-state index is 13.3. The second-order valence-corrected chi connectivity index (χ2v) is 27.0. The number of aryl methyl sites for hydroxylation is 4. The first-order valence-electron chi connectivity index (χ1n) is 37.5. The first-order valence-corrected chi connectivity index (χ1v) is 38.3. The molecule has 0 unspecified atom stereocenters. The van der Waals surface area contributed by atoms with Gasteiger partial charge in [-0.2, -0.15) is 0 Å². The third-order valence-electron chi connectivity index (χ3n) is 18.1. The quantitative estimate of drug-likeness (QED) is 0.0376. The third kappa shape index (κ3) is 40.1. The van der Waals surface area contributed by atoms with Gasteiger partial charge in [0.25, 0.3) is 0 Å². The van der Waals surface area contributed by atoms with Crippen LogP contribution >= 0.6 is 0 Å². The van der Waals surface area contributed by atoms with Gasteiger partial charge in [0.05, 0.1) is 5.57 Å². The molecule has 85 heavy (non-hydrogen) atoms. The molecule has 5 heteroatoms. The molecule has 0 aliphatic carbocycles. The van der Waals surface area contributed by atoms with E-state index in [4.69, 9.17) is 0 Å². The Kier molecular flexibility index (Phi) is 53.8. The normalized spacial score (nSPS) is 12.7. The molecule has 1 aliphatic heterocycles. The molecule has 2 aromatic carbocycles. The van der Waals surface area contributed by atoms with Crippen LogP contribution in [0.1, 0.15) is 396 Å². The number of unbranched alkanes of at least 4 members (excludes halogenated alkanes) is 43. The zero-order valence-corrected chi connectivity index (χ0v) is 58.8. The van der Waals surface area contributed by atoms with Crippen LogP contribution in [0.5, 0.6) is 0 Å². The Balaban J connectivity index is 0.00000472. The van der Waals surface area contributed by atoms with Crippen LogP contribution in [-0.2, 0) is 48.5 Å². The monoisotopic (exact) mass is 1220 g/mol. The van der Waals surface area contributed by atoms with E-state index in [1.807, 2.05) is 0 Å². The van der Waals surface area contributed by atoms with E-state index in [1.54, 1.807) is 18.9 Å². The number of benzene rings is 2. The summed E-state index contributed by atoms with van der Waals surface area (Å²) in [6.07, 6.45) is 76.4. The molecule has 0 saturated heterocycles. The van der Waals surface area contributed by atoms with E-state index in [9.17, 15) is 5.53 Å². The van der Waals surface area contributed by atoms with Crippen molar-refractivity contribution in [1.82, 2.24) is 0 Å². The first-order chi connectivity index (χ1) is 41.9. The summed E-state index contributed by atoms with van der Waals surface area (Å²) in [4.78, 5) is 0. The predicted octanol–water partition coefficient (Wildman–Crippen LogP) is 27.4. The summed E-state index contributed by atoms with van der Waals surface area (Å²) in [7, 11) is 3.12. The summed E-state index contributed by atoms with van der Waals surface area (Å²) in [6, 6.07) is 15.1. The van der Waals surface area contributed by atoms with Crippen molar-refractivity contribution < 1.29 is 27.5 Å². The van der Waals surface area contributed by atoms with Gasteiger partial charge >= 0.3 is 37.1 Å². The van der Waals surface area contributed by atoms with Crippen LogP contribution < -0.4 is 0 Å². The Hall–Kier alpha value is -2.33. The number of nitrogens with zero attached hydrogens (tertiary/aromatic N) is 2. The second-order valence-electron chi connectivity index (χ2n) is 26.1. The zero-order chi connectivity index (χ0) is 61.3. The van der Waals surface area contributed by atoms with E-state index in [-0.39, 0.29) is 0 Å². The molecule has 0 radical (unpaired) electrons. The van der Waals surface area contributed by atoms with Gasteiger partial charge < -0.3 is 5.53 Å². The molecule has 4 nitrogen and oxygen atoms in total. The van der Waals surface area contributed by atoms with Crippen molar-refractivity contribution in [2.75, 3.05) is 14.2 Å². The summed E-state index contributed by atoms with van der Waals surface area (Å²) >= 11 is 0.819. The van der Waals surface area contributed by atoms with Crippen molar-refractivity contribution in [3.05, 3.63) is 98.6 Å². The van der Waals surface area contributed by atoms with Gasteiger partial charge in [0.15, 0.2) is 0 Å². The average Bonchev–Trinajstić information content (AvgIpc) is 2.26. The predicted molar refractivity (Wildman–Crippen MR) is 373 cm³/mol. The molecule has 0 N–H and O–H groups in total. The van der Waals surface area contributed by atoms with E-state index in [0.29, 0.717) is 0 Å². The molecule has 0 saturated carbocycles. The van der Waals surface area contributed by atoms with Crippen molar-refractivity contribution in [2.45, 2.75) is 388 Å². The van der Waals surface area contributed by atoms with E-state index >= 15 is 0 Å². The molecule has 1 aliphatic rings. The zero-order valence-electron chi connectivity index (χ0n) is 57.8. The van der Waals surface area contributed by atoms with E-state index in [2.05, 4.69) is 97.9 Å². The Morgan fingerprint density at radius 3 is 0.835 bits per heavy atom. The molecule has 2 aromatic rings. The van der Waals surface area contributed by atoms with Crippen LogP contribution in [0.4, 0.5) is 0 Å². The summed E-state index contributed by atoms with van der Waals surface area (Å²) in [5.41, 5.74) is 26.4. The molecule has 0 aromatic heterocycles. The fraction of sp³-hybridized carbons (Fsp3) is 0.775. The van der Waals surface area contributed by atoms with Gasteiger partial charge in [0.2, 0.25) is 11.4 Å². The maximum absolute atomic E-state index is 13.3. The molecule has 0 amide bonds. The Morgan fingerprint density at radius 2 is 0.565 bits per heavy atom. The Bertz CT molecular complexity index is 1890. The molecule has 0 spiro atoms. The van der Waals surface area contributed by atoms with E-state index < -0.39 is 0 Å². The fourth-order valence-corrected chi connectivity index (χ4v) is 13.1. The molecule has 492 valence electrons. The van der Waals surface area contributed by atoms with Gasteiger partial charge in [-0.05, 0) is 124 Å². The van der Waals surface area contributed by atoms with Crippen LogP contribution in [0.25, 0.3) is 16.9 Å². The van der Waals surface area contributed by atoms with Crippen LogP contribution in [0, 0.1) is 0 Å². The van der Waals surface area contributed by atoms with Gasteiger partial charge in [-0.15, -0.1) is 0 Å². The molecule has 1 heterocycles. The minimum absolute atomic E-state index is 0.819. The van der Waals surface area contributed by atoms with Crippen molar-refractivity contribution in [2.24, 2.45) is 0 Å². The Morgan fingerprint density at radius 1 is 0.318 bits per heavy atom. The molecule has 0 atom stereocenters.